The van der Waals surface area contributed by atoms with Gasteiger partial charge in [-0.25, -0.2) is 0 Å². The molecule has 0 unspecified atom stereocenters. The third-order valence-electron chi connectivity index (χ3n) is 31.9. The predicted octanol–water partition coefficient (Wildman–Crippen LogP) is 25.4. The Morgan fingerprint density at radius 3 is 0.687 bits per heavy atom. The Labute approximate surface area is 559 Å². The smallest absolute Gasteiger partial charge is 0.0764 e. The first kappa shape index (κ1) is 45.0. The standard InChI is InChI=1S/C98H46Si/c1-26-21-32(96(5,6)7)22-27(2)94(26)99(95-28(3)23-33(24-29(95)4)97(8,9)10,25-34(30-17-13-11-14-18-30)31-19-15-12-16-20-31)98-91-87-81-67-59-51-39-36-35-37-40(39)52-54-50-44(37)46-42-38(35)41-45-43(36)49-53(51)65(67)73-71-57(49)55(45)63-61-47(41)48(42)62-64-56(46)58(50)72-74-66(54)68(60(52)59)82(81)88(91)84(74)86-78(72)76(64)80-70(62)69(61)79-75(63)77(71)85(83(73)87)92(98)89(79)90(80)93(86)98/h11-25,91H,1-10H3. The lowest BCUT2D eigenvalue weighted by Crippen LogP contribution is -2.75. The topological polar surface area (TPSA) is 0 Å². The molecule has 442 valence electrons. The van der Waals surface area contributed by atoms with Gasteiger partial charge in [0.05, 0.1) is 0 Å². The van der Waals surface area contributed by atoms with Crippen molar-refractivity contribution in [2.75, 3.05) is 0 Å². The summed E-state index contributed by atoms with van der Waals surface area (Å²) in [6.45, 7) is 25.3. The maximum absolute atomic E-state index is 3.96. The lowest BCUT2D eigenvalue weighted by Gasteiger charge is -2.57. The second-order valence-electron chi connectivity index (χ2n) is 36.6. The number of benzene rings is 22. The zero-order chi connectivity index (χ0) is 63.0. The molecule has 1 heteroatoms. The van der Waals surface area contributed by atoms with Gasteiger partial charge in [0.15, 0.2) is 8.07 Å². The Kier molecular flexibility index (Phi) is 5.20. The number of aryl methyl sites for hydroxylation is 4. The summed E-state index contributed by atoms with van der Waals surface area (Å²) < 4.78 is 0. The second-order valence-corrected chi connectivity index (χ2v) is 40.3. The summed E-state index contributed by atoms with van der Waals surface area (Å²) in [6.07, 6.45) is 0. The van der Waals surface area contributed by atoms with Crippen LogP contribution in [0.1, 0.15) is 114 Å². The van der Waals surface area contributed by atoms with Crippen LogP contribution in [0.15, 0.2) is 90.6 Å². The first-order chi connectivity index (χ1) is 48.2. The van der Waals surface area contributed by atoms with E-state index in [4.69, 9.17) is 0 Å². The van der Waals surface area contributed by atoms with Gasteiger partial charge in [0.2, 0.25) is 0 Å². The van der Waals surface area contributed by atoms with Crippen LogP contribution in [0, 0.1) is 27.7 Å². The molecule has 0 aromatic heterocycles. The maximum Gasteiger partial charge on any atom is 0.158 e. The van der Waals surface area contributed by atoms with Crippen molar-refractivity contribution < 1.29 is 0 Å². The van der Waals surface area contributed by atoms with E-state index < -0.39 is 13.1 Å². The van der Waals surface area contributed by atoms with Crippen molar-refractivity contribution in [3.8, 4) is 0 Å². The normalized spacial score (nSPS) is 18.5. The van der Waals surface area contributed by atoms with Gasteiger partial charge in [-0.05, 0) is 390 Å². The van der Waals surface area contributed by atoms with Crippen LogP contribution in [0.4, 0.5) is 0 Å². The predicted molar refractivity (Wildman–Crippen MR) is 429 cm³/mol. The van der Waals surface area contributed by atoms with Crippen LogP contribution in [0.25, 0.3) is 296 Å². The summed E-state index contributed by atoms with van der Waals surface area (Å²) in [5, 5.41) is 91.9. The highest BCUT2D eigenvalue weighted by molar-refractivity contribution is 7.11. The van der Waals surface area contributed by atoms with Gasteiger partial charge in [-0.2, -0.15) is 0 Å². The molecule has 32 aromatic carbocycles. The number of hydrogen-bond donors (Lipinski definition) is 0. The summed E-state index contributed by atoms with van der Waals surface area (Å²) in [6, 6.07) is 34.7. The third-order valence-corrected chi connectivity index (χ3v) is 37.8. The summed E-state index contributed by atoms with van der Waals surface area (Å²) in [4.78, 5) is 0. The van der Waals surface area contributed by atoms with Gasteiger partial charge < -0.3 is 0 Å². The van der Waals surface area contributed by atoms with E-state index in [0.717, 1.165) is 0 Å². The summed E-state index contributed by atoms with van der Waals surface area (Å²) in [5.41, 5.74) is 22.8. The molecule has 99 heavy (non-hydrogen) atoms. The zero-order valence-corrected chi connectivity index (χ0v) is 56.7. The summed E-state index contributed by atoms with van der Waals surface area (Å²) in [7, 11) is -3.96. The SMILES string of the molecule is Cc1cc(C(C)(C)C)cc(C)c1[Si](C=C(c1ccccc1)c1ccccc1)(c1c(C)cc(C(C)(C)C)cc1C)C12c3c4c5c6c7c8c(c9c%10c1c1c3c3c%11c4c4c5c5c7c7c%12c8c8c9c9c%10c%10c1c1c3c3c%11c%11c4c4c5c7c5c7c%12c8c8c9c9c%10c1c1c3c3c%11c4c5c4c7c8c9c1c34)C62. The fourth-order valence-electron chi connectivity index (χ4n) is 30.4. The highest BCUT2D eigenvalue weighted by atomic mass is 28.3. The Hall–Kier alpha value is -10.7. The molecule has 0 nitrogen and oxygen atoms in total. The van der Waals surface area contributed by atoms with E-state index in [2.05, 4.69) is 160 Å². The first-order valence-corrected chi connectivity index (χ1v) is 39.2. The van der Waals surface area contributed by atoms with Gasteiger partial charge in [-0.3, -0.25) is 0 Å². The van der Waals surface area contributed by atoms with Crippen molar-refractivity contribution >= 4 is 315 Å². The minimum atomic E-state index is -3.96. The van der Waals surface area contributed by atoms with Crippen molar-refractivity contribution in [3.63, 3.8) is 0 Å². The van der Waals surface area contributed by atoms with Crippen LogP contribution >= 0.6 is 0 Å². The quantitative estimate of drug-likeness (QED) is 0.115. The van der Waals surface area contributed by atoms with E-state index in [9.17, 15) is 0 Å². The summed E-state index contributed by atoms with van der Waals surface area (Å²) >= 11 is 0. The van der Waals surface area contributed by atoms with Crippen molar-refractivity contribution in [1.82, 2.24) is 0 Å². The zero-order valence-electron chi connectivity index (χ0n) is 55.7. The highest BCUT2D eigenvalue weighted by Gasteiger charge is 2.72. The van der Waals surface area contributed by atoms with Crippen LogP contribution in [0.2, 0.25) is 0 Å². The molecule has 0 heterocycles. The van der Waals surface area contributed by atoms with E-state index in [1.165, 1.54) is 50.1 Å². The van der Waals surface area contributed by atoms with Crippen LogP contribution < -0.4 is 10.4 Å². The molecule has 36 rings (SSSR count). The van der Waals surface area contributed by atoms with E-state index in [0.29, 0.717) is 0 Å². The van der Waals surface area contributed by atoms with E-state index in [1.807, 2.05) is 0 Å². The molecule has 0 atom stereocenters. The molecule has 4 aliphatic carbocycles. The largest absolute Gasteiger partial charge is 0.158 e. The Balaban J connectivity index is 0.971. The Morgan fingerprint density at radius 1 is 0.273 bits per heavy atom. The molecular weight excluding hydrogens is 1210 g/mol. The van der Waals surface area contributed by atoms with Gasteiger partial charge in [0.1, 0.15) is 0 Å². The Morgan fingerprint density at radius 2 is 0.465 bits per heavy atom. The Bertz CT molecular complexity index is 8800. The minimum Gasteiger partial charge on any atom is -0.0764 e. The molecular formula is C98H46Si. The van der Waals surface area contributed by atoms with Crippen molar-refractivity contribution in [2.24, 2.45) is 0 Å². The number of hydrogen-bond acceptors (Lipinski definition) is 0. The van der Waals surface area contributed by atoms with E-state index >= 15 is 0 Å². The monoisotopic (exact) mass is 1250 g/mol. The fourth-order valence-corrected chi connectivity index (χ4v) is 37.5. The molecule has 0 N–H and O–H groups in total. The van der Waals surface area contributed by atoms with Crippen LogP contribution in [0.5, 0.6) is 0 Å². The molecule has 0 bridgehead atoms. The molecule has 32 aromatic rings. The fraction of sp³-hybridized carbons (Fsp3) is 0.143. The van der Waals surface area contributed by atoms with Gasteiger partial charge in [0.25, 0.3) is 0 Å². The lowest BCUT2D eigenvalue weighted by molar-refractivity contribution is 0.589. The number of rotatable bonds is 6. The lowest BCUT2D eigenvalue weighted by atomic mass is 9.67. The molecule has 0 saturated heterocycles. The average molecular weight is 1250 g/mol. The van der Waals surface area contributed by atoms with Crippen LogP contribution in [-0.4, -0.2) is 8.07 Å². The minimum absolute atomic E-state index is 0.0287. The van der Waals surface area contributed by atoms with Gasteiger partial charge in [-0.1, -0.05) is 154 Å². The third kappa shape index (κ3) is 3.15. The first-order valence-electron chi connectivity index (χ1n) is 37.1. The molecule has 0 spiro atoms. The average Bonchev–Trinajstić information content (AvgIpc) is 1.38. The highest BCUT2D eigenvalue weighted by Crippen LogP contribution is 2.85. The molecule has 0 radical (unpaired) electrons. The van der Waals surface area contributed by atoms with E-state index in [-0.39, 0.29) is 16.7 Å². The van der Waals surface area contributed by atoms with Gasteiger partial charge in [-0.15, -0.1) is 0 Å². The maximum atomic E-state index is 3.21. The van der Waals surface area contributed by atoms with Crippen molar-refractivity contribution in [2.45, 2.75) is 91.0 Å². The van der Waals surface area contributed by atoms with Crippen LogP contribution in [0.3, 0.4) is 0 Å². The van der Waals surface area contributed by atoms with Crippen molar-refractivity contribution in [1.29, 1.82) is 0 Å². The van der Waals surface area contributed by atoms with Gasteiger partial charge >= 0.3 is 0 Å². The second kappa shape index (κ2) is 11.4. The van der Waals surface area contributed by atoms with E-state index in [1.54, 1.807) is 323 Å². The molecule has 0 fully saturated rings. The molecule has 0 amide bonds. The molecule has 0 saturated carbocycles. The molecule has 0 aliphatic heterocycles. The molecule has 4 aliphatic rings. The van der Waals surface area contributed by atoms with Gasteiger partial charge in [0, 0.05) is 11.0 Å². The van der Waals surface area contributed by atoms with Crippen LogP contribution in [-0.2, 0) is 15.9 Å². The summed E-state index contributed by atoms with van der Waals surface area (Å²) in [5.74, 6) is 0.0287. The van der Waals surface area contributed by atoms with Crippen molar-refractivity contribution in [3.05, 3.63) is 157 Å².